The number of likely N-dealkylation sites (N-methyl/N-ethyl adjacent to an activating group) is 1. The maximum Gasteiger partial charge on any atom is 0.0496 e. The van der Waals surface area contributed by atoms with Crippen LogP contribution in [-0.2, 0) is 0 Å². The van der Waals surface area contributed by atoms with Crippen molar-refractivity contribution in [2.75, 3.05) is 13.1 Å². The first kappa shape index (κ1) is 16.7. The van der Waals surface area contributed by atoms with Crippen molar-refractivity contribution in [3.8, 4) is 0 Å². The molecule has 0 aromatic heterocycles. The molecule has 0 saturated carbocycles. The van der Waals surface area contributed by atoms with E-state index >= 15 is 0 Å². The Balaban J connectivity index is 2.98. The lowest BCUT2D eigenvalue weighted by Gasteiger charge is -2.35. The molecule has 0 aliphatic heterocycles. The summed E-state index contributed by atoms with van der Waals surface area (Å²) in [4.78, 5) is 2.50. The van der Waals surface area contributed by atoms with Gasteiger partial charge in [0.1, 0.15) is 0 Å². The van der Waals surface area contributed by atoms with Crippen LogP contribution in [0.1, 0.15) is 45.7 Å². The molecular weight excluding hydrogens is 300 g/mol. The van der Waals surface area contributed by atoms with Crippen molar-refractivity contribution in [2.24, 2.45) is 11.7 Å². The fourth-order valence-electron chi connectivity index (χ4n) is 2.51. The Morgan fingerprint density at radius 3 is 2.42 bits per heavy atom. The third-order valence-electron chi connectivity index (χ3n) is 3.73. The second-order valence-electron chi connectivity index (χ2n) is 5.46. The molecule has 19 heavy (non-hydrogen) atoms. The lowest BCUT2D eigenvalue weighted by Crippen LogP contribution is -2.41. The van der Waals surface area contributed by atoms with Gasteiger partial charge in [0.25, 0.3) is 0 Å². The predicted octanol–water partition coefficient (Wildman–Crippen LogP) is 4.21. The van der Waals surface area contributed by atoms with Crippen LogP contribution in [0.2, 0.25) is 0 Å². The smallest absolute Gasteiger partial charge is 0.0496 e. The largest absolute Gasteiger partial charge is 0.326 e. The molecule has 0 fully saturated rings. The Bertz CT molecular complexity index is 379. The van der Waals surface area contributed by atoms with Gasteiger partial charge in [-0.3, -0.25) is 4.90 Å². The molecule has 0 radical (unpaired) electrons. The third-order valence-corrected chi connectivity index (χ3v) is 4.22. The van der Waals surface area contributed by atoms with Gasteiger partial charge in [0.2, 0.25) is 0 Å². The van der Waals surface area contributed by atoms with Crippen LogP contribution < -0.4 is 5.73 Å². The monoisotopic (exact) mass is 326 g/mol. The molecule has 3 heteroatoms. The molecule has 108 valence electrons. The summed E-state index contributed by atoms with van der Waals surface area (Å²) >= 11 is 3.56. The lowest BCUT2D eigenvalue weighted by molar-refractivity contribution is 0.160. The van der Waals surface area contributed by atoms with Crippen LogP contribution in [0.15, 0.2) is 28.7 Å². The van der Waals surface area contributed by atoms with Crippen LogP contribution in [0.4, 0.5) is 0 Å². The molecule has 1 aromatic carbocycles. The van der Waals surface area contributed by atoms with E-state index in [0.29, 0.717) is 5.92 Å². The van der Waals surface area contributed by atoms with Crippen molar-refractivity contribution < 1.29 is 0 Å². The van der Waals surface area contributed by atoms with Crippen LogP contribution >= 0.6 is 15.9 Å². The van der Waals surface area contributed by atoms with Crippen LogP contribution in [0.3, 0.4) is 0 Å². The molecule has 0 aliphatic rings. The van der Waals surface area contributed by atoms with Gasteiger partial charge >= 0.3 is 0 Å². The minimum Gasteiger partial charge on any atom is -0.326 e. The summed E-state index contributed by atoms with van der Waals surface area (Å²) in [6, 6.07) is 8.93. The molecule has 3 unspecified atom stereocenters. The van der Waals surface area contributed by atoms with E-state index in [-0.39, 0.29) is 12.1 Å². The van der Waals surface area contributed by atoms with Gasteiger partial charge in [0.05, 0.1) is 0 Å². The average molecular weight is 327 g/mol. The van der Waals surface area contributed by atoms with E-state index in [0.717, 1.165) is 17.6 Å². The van der Waals surface area contributed by atoms with Crippen molar-refractivity contribution in [3.05, 3.63) is 34.3 Å². The van der Waals surface area contributed by atoms with E-state index in [4.69, 9.17) is 5.73 Å². The van der Waals surface area contributed by atoms with Crippen LogP contribution in [0.5, 0.6) is 0 Å². The van der Waals surface area contributed by atoms with Crippen LogP contribution in [0, 0.1) is 5.92 Å². The standard InChI is InChI=1S/C16H27BrN2/c1-5-12(3)11-19(6-2)16(13(4)18)14-8-7-9-15(17)10-14/h7-10,12-13,16H,5-6,11,18H2,1-4H3. The highest BCUT2D eigenvalue weighted by atomic mass is 79.9. The zero-order chi connectivity index (χ0) is 14.4. The predicted molar refractivity (Wildman–Crippen MR) is 87.2 cm³/mol. The van der Waals surface area contributed by atoms with Crippen molar-refractivity contribution in [1.29, 1.82) is 0 Å². The van der Waals surface area contributed by atoms with Gasteiger partial charge in [-0.05, 0) is 37.1 Å². The fourth-order valence-corrected chi connectivity index (χ4v) is 2.92. The molecule has 0 amide bonds. The minimum atomic E-state index is 0.123. The molecule has 3 atom stereocenters. The molecule has 0 aliphatic carbocycles. The zero-order valence-electron chi connectivity index (χ0n) is 12.6. The molecule has 2 nitrogen and oxygen atoms in total. The number of nitrogens with zero attached hydrogens (tertiary/aromatic N) is 1. The second-order valence-corrected chi connectivity index (χ2v) is 6.38. The molecule has 2 N–H and O–H groups in total. The molecule has 0 spiro atoms. The summed E-state index contributed by atoms with van der Waals surface area (Å²) in [5.74, 6) is 0.702. The first-order valence-electron chi connectivity index (χ1n) is 7.24. The Kier molecular flexibility index (Phi) is 7.05. The SMILES string of the molecule is CCC(C)CN(CC)C(c1cccc(Br)c1)C(C)N. The van der Waals surface area contributed by atoms with Gasteiger partial charge in [0, 0.05) is 23.1 Å². The van der Waals surface area contributed by atoms with Gasteiger partial charge in [-0.2, -0.15) is 0 Å². The topological polar surface area (TPSA) is 29.3 Å². The number of halogens is 1. The van der Waals surface area contributed by atoms with E-state index in [1.807, 2.05) is 0 Å². The van der Waals surface area contributed by atoms with Crippen molar-refractivity contribution in [1.82, 2.24) is 4.90 Å². The molecule has 0 saturated heterocycles. The Labute approximate surface area is 126 Å². The summed E-state index contributed by atoms with van der Waals surface area (Å²) in [7, 11) is 0. The van der Waals surface area contributed by atoms with E-state index in [1.165, 1.54) is 12.0 Å². The summed E-state index contributed by atoms with van der Waals surface area (Å²) in [6.07, 6.45) is 1.21. The van der Waals surface area contributed by atoms with Gasteiger partial charge in [-0.1, -0.05) is 55.3 Å². The van der Waals surface area contributed by atoms with Crippen LogP contribution in [-0.4, -0.2) is 24.0 Å². The summed E-state index contributed by atoms with van der Waals surface area (Å²) in [6.45, 7) is 11.0. The minimum absolute atomic E-state index is 0.123. The Hall–Kier alpha value is -0.380. The number of hydrogen-bond donors (Lipinski definition) is 1. The van der Waals surface area contributed by atoms with E-state index < -0.39 is 0 Å². The number of benzene rings is 1. The first-order chi connectivity index (χ1) is 8.99. The Morgan fingerprint density at radius 2 is 1.95 bits per heavy atom. The maximum absolute atomic E-state index is 6.26. The Morgan fingerprint density at radius 1 is 1.26 bits per heavy atom. The number of nitrogens with two attached hydrogens (primary N) is 1. The van der Waals surface area contributed by atoms with Gasteiger partial charge in [0.15, 0.2) is 0 Å². The highest BCUT2D eigenvalue weighted by Gasteiger charge is 2.24. The fraction of sp³-hybridized carbons (Fsp3) is 0.625. The van der Waals surface area contributed by atoms with Crippen molar-refractivity contribution in [3.63, 3.8) is 0 Å². The van der Waals surface area contributed by atoms with E-state index in [1.54, 1.807) is 0 Å². The lowest BCUT2D eigenvalue weighted by atomic mass is 9.97. The highest BCUT2D eigenvalue weighted by Crippen LogP contribution is 2.27. The van der Waals surface area contributed by atoms with Gasteiger partial charge in [-0.15, -0.1) is 0 Å². The van der Waals surface area contributed by atoms with E-state index in [2.05, 4.69) is 72.8 Å². The van der Waals surface area contributed by atoms with Crippen LogP contribution in [0.25, 0.3) is 0 Å². The zero-order valence-corrected chi connectivity index (χ0v) is 14.2. The maximum atomic E-state index is 6.26. The summed E-state index contributed by atoms with van der Waals surface area (Å²) in [5.41, 5.74) is 7.56. The molecule has 0 bridgehead atoms. The summed E-state index contributed by atoms with van der Waals surface area (Å²) < 4.78 is 1.12. The number of rotatable bonds is 7. The van der Waals surface area contributed by atoms with Crippen molar-refractivity contribution >= 4 is 15.9 Å². The highest BCUT2D eigenvalue weighted by molar-refractivity contribution is 9.10. The molecule has 1 rings (SSSR count). The van der Waals surface area contributed by atoms with Gasteiger partial charge in [-0.25, -0.2) is 0 Å². The van der Waals surface area contributed by atoms with E-state index in [9.17, 15) is 0 Å². The molecule has 0 heterocycles. The second kappa shape index (κ2) is 8.03. The number of hydrogen-bond acceptors (Lipinski definition) is 2. The average Bonchev–Trinajstić information content (AvgIpc) is 2.37. The summed E-state index contributed by atoms with van der Waals surface area (Å²) in [5, 5.41) is 0. The molecule has 1 aromatic rings. The van der Waals surface area contributed by atoms with Gasteiger partial charge < -0.3 is 5.73 Å². The third kappa shape index (κ3) is 4.90. The quantitative estimate of drug-likeness (QED) is 0.813. The van der Waals surface area contributed by atoms with Crippen molar-refractivity contribution in [2.45, 2.75) is 46.2 Å². The first-order valence-corrected chi connectivity index (χ1v) is 8.03. The normalized spacial score (nSPS) is 16.4. The molecular formula is C16H27BrN2.